The van der Waals surface area contributed by atoms with E-state index >= 15 is 0 Å². The molecule has 0 amide bonds. The first-order chi connectivity index (χ1) is 18.3. The Kier molecular flexibility index (Phi) is 7.73. The number of ether oxygens (including phenoxy) is 2. The highest BCUT2D eigenvalue weighted by atomic mass is 28.3. The first-order valence-corrected chi connectivity index (χ1v) is 16.7. The molecule has 4 heterocycles. The molecule has 200 valence electrons. The van der Waals surface area contributed by atoms with Gasteiger partial charge in [-0.3, -0.25) is 0 Å². The summed E-state index contributed by atoms with van der Waals surface area (Å²) in [6, 6.07) is 12.6. The monoisotopic (exact) mass is 534 g/mol. The average molecular weight is 535 g/mol. The molecule has 4 aromatic rings. The molecule has 3 aromatic heterocycles. The Hall–Kier alpha value is -3.34. The third kappa shape index (κ3) is 5.72. The molecule has 38 heavy (non-hydrogen) atoms. The Morgan fingerprint density at radius 2 is 1.79 bits per heavy atom. The van der Waals surface area contributed by atoms with E-state index in [4.69, 9.17) is 14.6 Å². The van der Waals surface area contributed by atoms with Crippen LogP contribution in [0.4, 0.5) is 10.2 Å². The molecule has 1 fully saturated rings. The van der Waals surface area contributed by atoms with Crippen molar-refractivity contribution in [2.75, 3.05) is 44.8 Å². The van der Waals surface area contributed by atoms with Crippen molar-refractivity contribution in [3.8, 4) is 28.1 Å². The lowest BCUT2D eigenvalue weighted by atomic mass is 10.0. The van der Waals surface area contributed by atoms with Gasteiger partial charge >= 0.3 is 0 Å². The van der Waals surface area contributed by atoms with Gasteiger partial charge in [0.1, 0.15) is 24.0 Å². The third-order valence-corrected chi connectivity index (χ3v) is 8.50. The number of fused-ring (bicyclic) bond motifs is 1. The minimum absolute atomic E-state index is 0.332. The smallest absolute Gasteiger partial charge is 0.224 e. The molecule has 0 atom stereocenters. The summed E-state index contributed by atoms with van der Waals surface area (Å²) in [5, 5.41) is 9.27. The van der Waals surface area contributed by atoms with E-state index < -0.39 is 14.0 Å². The molecule has 1 aromatic carbocycles. The van der Waals surface area contributed by atoms with E-state index in [0.717, 1.165) is 60.2 Å². The van der Waals surface area contributed by atoms with Gasteiger partial charge in [0, 0.05) is 64.2 Å². The van der Waals surface area contributed by atoms with Crippen molar-refractivity contribution in [1.29, 1.82) is 0 Å². The van der Waals surface area contributed by atoms with Crippen LogP contribution in [0, 0.1) is 5.95 Å². The number of hydrogen-bond donors (Lipinski definition) is 1. The molecule has 8 nitrogen and oxygen atoms in total. The number of nitrogens with one attached hydrogen (secondary N) is 1. The number of aromatic nitrogens is 4. The quantitative estimate of drug-likeness (QED) is 0.183. The summed E-state index contributed by atoms with van der Waals surface area (Å²) in [4.78, 5) is 10.8. The molecule has 5 rings (SSSR count). The van der Waals surface area contributed by atoms with Crippen LogP contribution >= 0.6 is 0 Å². The highest BCUT2D eigenvalue weighted by Crippen LogP contribution is 2.36. The highest BCUT2D eigenvalue weighted by molar-refractivity contribution is 6.76. The minimum atomic E-state index is -1.20. The summed E-state index contributed by atoms with van der Waals surface area (Å²) in [6.07, 6.45) is 3.24. The Morgan fingerprint density at radius 3 is 2.55 bits per heavy atom. The van der Waals surface area contributed by atoms with Crippen molar-refractivity contribution in [2.45, 2.75) is 32.4 Å². The SMILES string of the molecule is COc1ccnc(F)c1-c1ccc2c(c1)c(-c1ccnc(N3CCNCC3)c1)nn2COCC[Si](C)(C)C. The van der Waals surface area contributed by atoms with Gasteiger partial charge in [-0.1, -0.05) is 25.7 Å². The van der Waals surface area contributed by atoms with Gasteiger partial charge < -0.3 is 19.7 Å². The average Bonchev–Trinajstić information content (AvgIpc) is 3.28. The van der Waals surface area contributed by atoms with E-state index in [2.05, 4.69) is 45.9 Å². The number of nitrogens with zero attached hydrogens (tertiary/aromatic N) is 5. The van der Waals surface area contributed by atoms with E-state index in [1.165, 1.54) is 13.3 Å². The number of hydrogen-bond acceptors (Lipinski definition) is 7. The molecule has 0 saturated carbocycles. The normalized spacial score (nSPS) is 14.3. The van der Waals surface area contributed by atoms with Gasteiger partial charge in [-0.25, -0.2) is 14.6 Å². The van der Waals surface area contributed by atoms with Crippen LogP contribution in [-0.2, 0) is 11.5 Å². The number of anilines is 1. The molecule has 0 aliphatic carbocycles. The lowest BCUT2D eigenvalue weighted by Gasteiger charge is -2.28. The molecule has 0 unspecified atom stereocenters. The Bertz CT molecular complexity index is 1410. The maximum absolute atomic E-state index is 14.9. The number of piperazine rings is 1. The lowest BCUT2D eigenvalue weighted by molar-refractivity contribution is 0.0818. The van der Waals surface area contributed by atoms with Gasteiger partial charge in [-0.2, -0.15) is 9.49 Å². The zero-order valence-corrected chi connectivity index (χ0v) is 23.5. The second kappa shape index (κ2) is 11.2. The molecular weight excluding hydrogens is 499 g/mol. The van der Waals surface area contributed by atoms with Crippen molar-refractivity contribution in [2.24, 2.45) is 0 Å². The fourth-order valence-electron chi connectivity index (χ4n) is 4.66. The van der Waals surface area contributed by atoms with Crippen LogP contribution in [-0.4, -0.2) is 67.7 Å². The van der Waals surface area contributed by atoms with Crippen LogP contribution in [0.25, 0.3) is 33.3 Å². The largest absolute Gasteiger partial charge is 0.496 e. The van der Waals surface area contributed by atoms with Crippen molar-refractivity contribution in [3.05, 3.63) is 54.7 Å². The summed E-state index contributed by atoms with van der Waals surface area (Å²) >= 11 is 0. The molecule has 0 spiro atoms. The predicted octanol–water partition coefficient (Wildman–Crippen LogP) is 5.03. The second-order valence-corrected chi connectivity index (χ2v) is 16.4. The summed E-state index contributed by atoms with van der Waals surface area (Å²) in [7, 11) is 0.331. The summed E-state index contributed by atoms with van der Waals surface area (Å²) < 4.78 is 28.3. The first-order valence-electron chi connectivity index (χ1n) is 13.0. The van der Waals surface area contributed by atoms with Crippen LogP contribution < -0.4 is 15.0 Å². The van der Waals surface area contributed by atoms with Gasteiger partial charge in [0.2, 0.25) is 5.95 Å². The fraction of sp³-hybridized carbons (Fsp3) is 0.393. The summed E-state index contributed by atoms with van der Waals surface area (Å²) in [5.74, 6) is 0.789. The van der Waals surface area contributed by atoms with Gasteiger partial charge in [-0.05, 0) is 41.9 Å². The predicted molar refractivity (Wildman–Crippen MR) is 152 cm³/mol. The van der Waals surface area contributed by atoms with Crippen molar-refractivity contribution in [1.82, 2.24) is 25.1 Å². The van der Waals surface area contributed by atoms with E-state index in [1.807, 2.05) is 35.1 Å². The Balaban J connectivity index is 1.57. The molecule has 1 aliphatic rings. The fourth-order valence-corrected chi connectivity index (χ4v) is 5.42. The second-order valence-electron chi connectivity index (χ2n) is 10.7. The van der Waals surface area contributed by atoms with Crippen molar-refractivity contribution < 1.29 is 13.9 Å². The van der Waals surface area contributed by atoms with E-state index in [9.17, 15) is 4.39 Å². The Labute approximate surface area is 223 Å². The molecular formula is C28H35FN6O2Si. The van der Waals surface area contributed by atoms with Gasteiger partial charge in [0.25, 0.3) is 0 Å². The van der Waals surface area contributed by atoms with E-state index in [-0.39, 0.29) is 0 Å². The van der Waals surface area contributed by atoms with E-state index in [0.29, 0.717) is 30.2 Å². The molecule has 1 N–H and O–H groups in total. The topological polar surface area (TPSA) is 77.3 Å². The standard InChI is InChI=1S/C28H35FN6O2Si/c1-36-24-8-10-32-28(29)26(24)20-5-6-23-22(17-20)27(33-35(23)19-37-15-16-38(2,3)4)21-7-9-31-25(18-21)34-13-11-30-12-14-34/h5-10,17-18,30H,11-16,19H2,1-4H3. The summed E-state index contributed by atoms with van der Waals surface area (Å²) in [6.45, 7) is 11.7. The molecule has 10 heteroatoms. The van der Waals surface area contributed by atoms with Gasteiger partial charge in [0.05, 0.1) is 18.2 Å². The van der Waals surface area contributed by atoms with E-state index in [1.54, 1.807) is 6.07 Å². The summed E-state index contributed by atoms with van der Waals surface area (Å²) in [5.41, 5.74) is 3.68. The highest BCUT2D eigenvalue weighted by Gasteiger charge is 2.20. The third-order valence-electron chi connectivity index (χ3n) is 6.80. The molecule has 1 aliphatic heterocycles. The number of halogens is 1. The molecule has 0 bridgehead atoms. The van der Waals surface area contributed by atoms with Crippen molar-refractivity contribution >= 4 is 24.8 Å². The minimum Gasteiger partial charge on any atom is -0.496 e. The zero-order valence-electron chi connectivity index (χ0n) is 22.5. The van der Waals surface area contributed by atoms with Crippen LogP contribution in [0.1, 0.15) is 0 Å². The number of rotatable bonds is 9. The van der Waals surface area contributed by atoms with Crippen molar-refractivity contribution in [3.63, 3.8) is 0 Å². The maximum Gasteiger partial charge on any atom is 0.224 e. The van der Waals surface area contributed by atoms with Gasteiger partial charge in [-0.15, -0.1) is 0 Å². The molecule has 1 saturated heterocycles. The maximum atomic E-state index is 14.9. The molecule has 0 radical (unpaired) electrons. The van der Waals surface area contributed by atoms with Crippen LogP contribution in [0.5, 0.6) is 5.75 Å². The van der Waals surface area contributed by atoms with Gasteiger partial charge in [0.15, 0.2) is 0 Å². The lowest BCUT2D eigenvalue weighted by Crippen LogP contribution is -2.43. The van der Waals surface area contributed by atoms with Crippen LogP contribution in [0.15, 0.2) is 48.8 Å². The number of benzene rings is 1. The van der Waals surface area contributed by atoms with Crippen LogP contribution in [0.3, 0.4) is 0 Å². The zero-order chi connectivity index (χ0) is 26.7. The number of pyridine rings is 2. The number of methoxy groups -OCH3 is 1. The van der Waals surface area contributed by atoms with Crippen LogP contribution in [0.2, 0.25) is 25.7 Å². The Morgan fingerprint density at radius 1 is 1.00 bits per heavy atom. The first kappa shape index (κ1) is 26.3.